The monoisotopic (exact) mass is 450 g/mol. The maximum atomic E-state index is 14.1. The number of pyridine rings is 1. The van der Waals surface area contributed by atoms with Gasteiger partial charge in [0, 0.05) is 22.7 Å². The van der Waals surface area contributed by atoms with Crippen molar-refractivity contribution >= 4 is 32.7 Å². The molecule has 0 amide bonds. The van der Waals surface area contributed by atoms with Gasteiger partial charge in [-0.05, 0) is 42.8 Å². The Balaban J connectivity index is 3.50. The van der Waals surface area contributed by atoms with E-state index >= 15 is 0 Å². The van der Waals surface area contributed by atoms with Crippen LogP contribution in [0.15, 0.2) is 16.7 Å². The number of hydrogen-bond acceptors (Lipinski definition) is 3. The molecule has 11 heteroatoms. The van der Waals surface area contributed by atoms with Crippen molar-refractivity contribution in [1.29, 1.82) is 0 Å². The van der Waals surface area contributed by atoms with Crippen LogP contribution >= 0.6 is 15.9 Å². The fraction of sp³-hybridized carbons (Fsp3) is 0.571. The number of Topliss-reactive ketones (excluding diaryl/α,β-unsaturated/α-hetero) is 1. The SMILES string of the molecule is CC(C)(C)S(=O)N[C@@](CF)(CC(=O)C(F)(F)F)c1cc(Br)cnc1F. The van der Waals surface area contributed by atoms with Crippen LogP contribution in [-0.2, 0) is 21.3 Å². The molecule has 1 aromatic rings. The van der Waals surface area contributed by atoms with E-state index in [9.17, 15) is 31.0 Å². The fourth-order valence-corrected chi connectivity index (χ4v) is 3.02. The number of rotatable bonds is 6. The van der Waals surface area contributed by atoms with Crippen LogP contribution < -0.4 is 4.72 Å². The molecule has 1 aromatic heterocycles. The van der Waals surface area contributed by atoms with Gasteiger partial charge in [0.05, 0.1) is 21.3 Å². The molecule has 0 aromatic carbocycles. The lowest BCUT2D eigenvalue weighted by atomic mass is 9.87. The Morgan fingerprint density at radius 3 is 2.32 bits per heavy atom. The second-order valence-electron chi connectivity index (χ2n) is 6.29. The number of alkyl halides is 4. The molecule has 0 spiro atoms. The Labute approximate surface area is 152 Å². The topological polar surface area (TPSA) is 59.1 Å². The lowest BCUT2D eigenvalue weighted by molar-refractivity contribution is -0.172. The first kappa shape index (κ1) is 22.1. The summed E-state index contributed by atoms with van der Waals surface area (Å²) in [6.07, 6.45) is -5.70. The molecule has 25 heavy (non-hydrogen) atoms. The Hall–Kier alpha value is -0.940. The second-order valence-corrected chi connectivity index (χ2v) is 9.17. The molecule has 0 aliphatic heterocycles. The molecule has 1 heterocycles. The third-order valence-electron chi connectivity index (χ3n) is 3.17. The van der Waals surface area contributed by atoms with E-state index in [4.69, 9.17) is 0 Å². The van der Waals surface area contributed by atoms with Gasteiger partial charge in [-0.1, -0.05) is 0 Å². The van der Waals surface area contributed by atoms with Gasteiger partial charge in [-0.15, -0.1) is 0 Å². The smallest absolute Gasteiger partial charge is 0.289 e. The van der Waals surface area contributed by atoms with Crippen LogP contribution in [0.25, 0.3) is 0 Å². The molecule has 1 N–H and O–H groups in total. The third kappa shape index (κ3) is 5.52. The van der Waals surface area contributed by atoms with Crippen LogP contribution in [-0.4, -0.2) is 32.6 Å². The van der Waals surface area contributed by atoms with Gasteiger partial charge in [0.15, 0.2) is 0 Å². The zero-order valence-electron chi connectivity index (χ0n) is 13.5. The quantitative estimate of drug-likeness (QED) is 0.530. The summed E-state index contributed by atoms with van der Waals surface area (Å²) >= 11 is 2.97. The molecular formula is C14H16BrF5N2O2S. The van der Waals surface area contributed by atoms with Crippen molar-refractivity contribution in [3.05, 3.63) is 28.2 Å². The lowest BCUT2D eigenvalue weighted by Crippen LogP contribution is -2.52. The predicted octanol–water partition coefficient (Wildman–Crippen LogP) is 3.72. The van der Waals surface area contributed by atoms with E-state index in [0.29, 0.717) is 0 Å². The summed E-state index contributed by atoms with van der Waals surface area (Å²) in [7, 11) is -2.08. The highest BCUT2D eigenvalue weighted by Crippen LogP contribution is 2.34. The van der Waals surface area contributed by atoms with Crippen molar-refractivity contribution in [2.45, 2.75) is 43.7 Å². The zero-order chi connectivity index (χ0) is 19.6. The Kier molecular flexibility index (Phi) is 6.85. The molecule has 0 bridgehead atoms. The van der Waals surface area contributed by atoms with E-state index in [2.05, 4.69) is 25.6 Å². The van der Waals surface area contributed by atoms with Gasteiger partial charge in [0.25, 0.3) is 0 Å². The van der Waals surface area contributed by atoms with E-state index in [-0.39, 0.29) is 4.47 Å². The van der Waals surface area contributed by atoms with Crippen LogP contribution in [0.2, 0.25) is 0 Å². The van der Waals surface area contributed by atoms with Crippen molar-refractivity contribution in [3.8, 4) is 0 Å². The molecule has 0 fully saturated rings. The number of carbonyl (C=O) groups is 1. The molecule has 0 aliphatic rings. The van der Waals surface area contributed by atoms with Crippen molar-refractivity contribution < 1.29 is 31.0 Å². The van der Waals surface area contributed by atoms with E-state index < -0.39 is 57.8 Å². The van der Waals surface area contributed by atoms with Crippen molar-refractivity contribution in [3.63, 3.8) is 0 Å². The van der Waals surface area contributed by atoms with E-state index in [1.165, 1.54) is 20.8 Å². The number of ketones is 1. The van der Waals surface area contributed by atoms with Crippen molar-refractivity contribution in [2.24, 2.45) is 0 Å². The molecule has 0 saturated heterocycles. The first-order valence-corrected chi connectivity index (χ1v) is 8.84. The van der Waals surface area contributed by atoms with Crippen LogP contribution in [0.1, 0.15) is 32.8 Å². The molecule has 1 unspecified atom stereocenters. The predicted molar refractivity (Wildman–Crippen MR) is 86.3 cm³/mol. The lowest BCUT2D eigenvalue weighted by Gasteiger charge is -2.34. The fourth-order valence-electron chi connectivity index (χ4n) is 1.80. The van der Waals surface area contributed by atoms with Crippen LogP contribution in [0, 0.1) is 5.95 Å². The van der Waals surface area contributed by atoms with Gasteiger partial charge in [0.2, 0.25) is 11.7 Å². The van der Waals surface area contributed by atoms with Gasteiger partial charge in [0.1, 0.15) is 6.67 Å². The molecule has 1 rings (SSSR count). The number of nitrogens with one attached hydrogen (secondary N) is 1. The summed E-state index contributed by atoms with van der Waals surface area (Å²) in [5, 5.41) is 0. The first-order chi connectivity index (χ1) is 11.2. The van der Waals surface area contributed by atoms with E-state index in [1.54, 1.807) is 0 Å². The number of hydrogen-bond donors (Lipinski definition) is 1. The van der Waals surface area contributed by atoms with Crippen LogP contribution in [0.5, 0.6) is 0 Å². The van der Waals surface area contributed by atoms with E-state index in [1.807, 2.05) is 0 Å². The molecule has 4 nitrogen and oxygen atoms in total. The maximum Gasteiger partial charge on any atom is 0.450 e. The highest BCUT2D eigenvalue weighted by Gasteiger charge is 2.48. The van der Waals surface area contributed by atoms with E-state index in [0.717, 1.165) is 12.3 Å². The number of carbonyl (C=O) groups excluding carboxylic acids is 1. The summed E-state index contributed by atoms with van der Waals surface area (Å²) in [5.74, 6) is -3.54. The number of halogens is 6. The zero-order valence-corrected chi connectivity index (χ0v) is 15.9. The molecule has 0 radical (unpaired) electrons. The largest absolute Gasteiger partial charge is 0.450 e. The molecule has 2 atom stereocenters. The molecular weight excluding hydrogens is 435 g/mol. The van der Waals surface area contributed by atoms with Crippen molar-refractivity contribution in [1.82, 2.24) is 9.71 Å². The second kappa shape index (κ2) is 7.75. The molecule has 0 aliphatic carbocycles. The average Bonchev–Trinajstić information content (AvgIpc) is 2.46. The minimum absolute atomic E-state index is 0.157. The summed E-state index contributed by atoms with van der Waals surface area (Å²) in [6, 6.07) is 0.998. The highest BCUT2D eigenvalue weighted by atomic mass is 79.9. The Morgan fingerprint density at radius 1 is 1.32 bits per heavy atom. The Morgan fingerprint density at radius 2 is 1.88 bits per heavy atom. The normalized spacial score (nSPS) is 16.4. The van der Waals surface area contributed by atoms with Gasteiger partial charge in [-0.3, -0.25) is 4.79 Å². The number of aromatic nitrogens is 1. The first-order valence-electron chi connectivity index (χ1n) is 6.90. The maximum absolute atomic E-state index is 14.1. The van der Waals surface area contributed by atoms with Gasteiger partial charge in [-0.2, -0.15) is 17.6 Å². The summed E-state index contributed by atoms with van der Waals surface area (Å²) in [4.78, 5) is 14.8. The highest BCUT2D eigenvalue weighted by molar-refractivity contribution is 9.10. The third-order valence-corrected chi connectivity index (χ3v) is 5.29. The minimum atomic E-state index is -5.25. The average molecular weight is 451 g/mol. The van der Waals surface area contributed by atoms with Crippen LogP contribution in [0.3, 0.4) is 0 Å². The van der Waals surface area contributed by atoms with Gasteiger partial charge < -0.3 is 0 Å². The number of nitrogens with zero attached hydrogens (tertiary/aromatic N) is 1. The summed E-state index contributed by atoms with van der Waals surface area (Å²) in [5.41, 5.74) is -3.11. The summed E-state index contributed by atoms with van der Waals surface area (Å²) in [6.45, 7) is 2.85. The minimum Gasteiger partial charge on any atom is -0.289 e. The van der Waals surface area contributed by atoms with Crippen LogP contribution in [0.4, 0.5) is 22.0 Å². The summed E-state index contributed by atoms with van der Waals surface area (Å²) < 4.78 is 79.7. The molecule has 0 saturated carbocycles. The van der Waals surface area contributed by atoms with Gasteiger partial charge >= 0.3 is 6.18 Å². The van der Waals surface area contributed by atoms with Gasteiger partial charge in [-0.25, -0.2) is 18.3 Å². The van der Waals surface area contributed by atoms with Crippen molar-refractivity contribution in [2.75, 3.05) is 6.67 Å². The Bertz CT molecular complexity index is 648. The standard InChI is InChI=1S/C14H16BrF5N2O2S/c1-12(2,3)25(24)22-13(7-16,5-10(23)14(18,19)20)9-4-8(15)6-21-11(9)17/h4,6,22H,5,7H2,1-3H3/t13-,25?/m1/s1. The molecule has 142 valence electrons.